The first kappa shape index (κ1) is 13.8. The van der Waals surface area contributed by atoms with Gasteiger partial charge in [-0.3, -0.25) is 0 Å². The maximum absolute atomic E-state index is 9.56. The van der Waals surface area contributed by atoms with Crippen molar-refractivity contribution >= 4 is 34.7 Å². The minimum Gasteiger partial charge on any atom is -0.392 e. The van der Waals surface area contributed by atoms with E-state index in [1.54, 1.807) is 18.2 Å². The quantitative estimate of drug-likeness (QED) is 0.889. The second kappa shape index (κ2) is 5.57. The molecule has 0 aliphatic rings. The SMILES string of the molecule is CC(C)c1snc(-c2c(Cl)cccc2Cl)c1CO. The maximum atomic E-state index is 9.56. The Balaban J connectivity index is 2.65. The van der Waals surface area contributed by atoms with Crippen LogP contribution < -0.4 is 0 Å². The van der Waals surface area contributed by atoms with Gasteiger partial charge >= 0.3 is 0 Å². The summed E-state index contributed by atoms with van der Waals surface area (Å²) in [6, 6.07) is 5.35. The fourth-order valence-corrected chi connectivity index (χ4v) is 3.30. The lowest BCUT2D eigenvalue weighted by Gasteiger charge is -2.08. The number of aliphatic hydroxyl groups excluding tert-OH is 1. The Hall–Kier alpha value is -0.610. The van der Waals surface area contributed by atoms with Crippen molar-refractivity contribution in [3.63, 3.8) is 0 Å². The molecule has 1 aromatic heterocycles. The highest BCUT2D eigenvalue weighted by atomic mass is 35.5. The van der Waals surface area contributed by atoms with E-state index in [0.717, 1.165) is 10.4 Å². The van der Waals surface area contributed by atoms with Gasteiger partial charge in [0.15, 0.2) is 0 Å². The molecular formula is C13H13Cl2NOS. The van der Waals surface area contributed by atoms with E-state index >= 15 is 0 Å². The van der Waals surface area contributed by atoms with Gasteiger partial charge in [0.2, 0.25) is 0 Å². The first-order chi connectivity index (χ1) is 8.56. The summed E-state index contributed by atoms with van der Waals surface area (Å²) in [4.78, 5) is 1.07. The minimum atomic E-state index is -0.0547. The van der Waals surface area contributed by atoms with E-state index in [4.69, 9.17) is 23.2 Å². The van der Waals surface area contributed by atoms with E-state index in [-0.39, 0.29) is 6.61 Å². The van der Waals surface area contributed by atoms with Gasteiger partial charge in [-0.25, -0.2) is 0 Å². The Labute approximate surface area is 120 Å². The molecule has 0 aliphatic carbocycles. The molecule has 1 N–H and O–H groups in total. The van der Waals surface area contributed by atoms with E-state index in [0.29, 0.717) is 27.2 Å². The number of nitrogens with zero attached hydrogens (tertiary/aromatic N) is 1. The minimum absolute atomic E-state index is 0.0547. The number of hydrogen-bond acceptors (Lipinski definition) is 3. The number of halogens is 2. The van der Waals surface area contributed by atoms with Crippen LogP contribution in [0, 0.1) is 0 Å². The van der Waals surface area contributed by atoms with Gasteiger partial charge in [0, 0.05) is 16.0 Å². The monoisotopic (exact) mass is 301 g/mol. The fourth-order valence-electron chi connectivity index (χ4n) is 1.85. The number of benzene rings is 1. The van der Waals surface area contributed by atoms with Crippen LogP contribution in [-0.2, 0) is 6.61 Å². The Morgan fingerprint density at radius 1 is 1.28 bits per heavy atom. The third kappa shape index (κ3) is 2.41. The van der Waals surface area contributed by atoms with Crippen molar-refractivity contribution in [1.82, 2.24) is 4.37 Å². The molecule has 0 bridgehead atoms. The van der Waals surface area contributed by atoms with Crippen LogP contribution in [0.25, 0.3) is 11.3 Å². The predicted molar refractivity (Wildman–Crippen MR) is 77.6 cm³/mol. The second-order valence-corrected chi connectivity index (χ2v) is 5.90. The standard InChI is InChI=1S/C13H13Cl2NOS/c1-7(2)13-8(6-17)12(16-18-13)11-9(14)4-3-5-10(11)15/h3-5,7,17H,6H2,1-2H3. The lowest BCUT2D eigenvalue weighted by Crippen LogP contribution is -1.94. The van der Waals surface area contributed by atoms with Gasteiger partial charge in [0.1, 0.15) is 0 Å². The molecule has 0 fully saturated rings. The summed E-state index contributed by atoms with van der Waals surface area (Å²) in [6.07, 6.45) is 0. The van der Waals surface area contributed by atoms with Gasteiger partial charge in [-0.2, -0.15) is 4.37 Å². The number of aromatic nitrogens is 1. The summed E-state index contributed by atoms with van der Waals surface area (Å²) in [7, 11) is 0. The van der Waals surface area contributed by atoms with Crippen LogP contribution in [0.5, 0.6) is 0 Å². The zero-order chi connectivity index (χ0) is 13.3. The first-order valence-electron chi connectivity index (χ1n) is 5.60. The zero-order valence-electron chi connectivity index (χ0n) is 10.1. The van der Waals surface area contributed by atoms with Crippen LogP contribution in [-0.4, -0.2) is 9.48 Å². The average Bonchev–Trinajstić information content (AvgIpc) is 2.72. The fraction of sp³-hybridized carbons (Fsp3) is 0.308. The molecule has 1 aromatic carbocycles. The Morgan fingerprint density at radius 3 is 2.39 bits per heavy atom. The molecular weight excluding hydrogens is 289 g/mol. The van der Waals surface area contributed by atoms with Crippen LogP contribution >= 0.6 is 34.7 Å². The molecule has 96 valence electrons. The molecule has 1 heterocycles. The number of rotatable bonds is 3. The summed E-state index contributed by atoms with van der Waals surface area (Å²) in [5.41, 5.74) is 2.22. The highest BCUT2D eigenvalue weighted by Crippen LogP contribution is 2.39. The summed E-state index contributed by atoms with van der Waals surface area (Å²) >= 11 is 13.8. The molecule has 0 atom stereocenters. The molecule has 5 heteroatoms. The van der Waals surface area contributed by atoms with E-state index < -0.39 is 0 Å². The van der Waals surface area contributed by atoms with Crippen LogP contribution in [0.3, 0.4) is 0 Å². The second-order valence-electron chi connectivity index (χ2n) is 4.28. The van der Waals surface area contributed by atoms with E-state index in [1.807, 2.05) is 0 Å². The van der Waals surface area contributed by atoms with Crippen LogP contribution in [0.15, 0.2) is 18.2 Å². The summed E-state index contributed by atoms with van der Waals surface area (Å²) in [5, 5.41) is 10.7. The highest BCUT2D eigenvalue weighted by Gasteiger charge is 2.20. The third-order valence-corrected chi connectivity index (χ3v) is 4.52. The lowest BCUT2D eigenvalue weighted by molar-refractivity contribution is 0.281. The maximum Gasteiger partial charge on any atom is 0.0928 e. The van der Waals surface area contributed by atoms with Crippen molar-refractivity contribution < 1.29 is 5.11 Å². The van der Waals surface area contributed by atoms with Crippen molar-refractivity contribution in [1.29, 1.82) is 0 Å². The van der Waals surface area contributed by atoms with Crippen molar-refractivity contribution in [3.8, 4) is 11.3 Å². The Morgan fingerprint density at radius 2 is 1.89 bits per heavy atom. The van der Waals surface area contributed by atoms with Crippen LogP contribution in [0.2, 0.25) is 10.0 Å². The Kier molecular flexibility index (Phi) is 4.28. The first-order valence-corrected chi connectivity index (χ1v) is 7.12. The van der Waals surface area contributed by atoms with Crippen molar-refractivity contribution in [2.75, 3.05) is 0 Å². The number of aliphatic hydroxyl groups is 1. The number of hydrogen-bond donors (Lipinski definition) is 1. The summed E-state index contributed by atoms with van der Waals surface area (Å²) in [6.45, 7) is 4.09. The van der Waals surface area contributed by atoms with Gasteiger partial charge in [-0.15, -0.1) is 0 Å². The highest BCUT2D eigenvalue weighted by molar-refractivity contribution is 7.06. The van der Waals surface area contributed by atoms with Crippen molar-refractivity contribution in [3.05, 3.63) is 38.7 Å². The van der Waals surface area contributed by atoms with Crippen LogP contribution in [0.4, 0.5) is 0 Å². The lowest BCUT2D eigenvalue weighted by atomic mass is 10.0. The molecule has 18 heavy (non-hydrogen) atoms. The third-order valence-electron chi connectivity index (χ3n) is 2.70. The normalized spacial score (nSPS) is 11.2. The molecule has 2 nitrogen and oxygen atoms in total. The van der Waals surface area contributed by atoms with Gasteiger partial charge in [-0.1, -0.05) is 43.1 Å². The largest absolute Gasteiger partial charge is 0.392 e. The van der Waals surface area contributed by atoms with E-state index in [1.165, 1.54) is 11.5 Å². The molecule has 2 aromatic rings. The molecule has 0 saturated carbocycles. The molecule has 0 aliphatic heterocycles. The van der Waals surface area contributed by atoms with Crippen LogP contribution in [0.1, 0.15) is 30.2 Å². The Bertz CT molecular complexity index is 546. The molecule has 0 saturated heterocycles. The van der Waals surface area contributed by atoms with Gasteiger partial charge in [-0.05, 0) is 29.6 Å². The topological polar surface area (TPSA) is 33.1 Å². The van der Waals surface area contributed by atoms with Gasteiger partial charge in [0.05, 0.1) is 22.3 Å². The molecule has 0 unspecified atom stereocenters. The van der Waals surface area contributed by atoms with Crippen molar-refractivity contribution in [2.24, 2.45) is 0 Å². The molecule has 0 spiro atoms. The molecule has 2 rings (SSSR count). The van der Waals surface area contributed by atoms with Gasteiger partial charge in [0.25, 0.3) is 0 Å². The zero-order valence-corrected chi connectivity index (χ0v) is 12.4. The predicted octanol–water partition coefficient (Wildman–Crippen LogP) is 4.73. The average molecular weight is 302 g/mol. The summed E-state index contributed by atoms with van der Waals surface area (Å²) in [5.74, 6) is 0.319. The van der Waals surface area contributed by atoms with Gasteiger partial charge < -0.3 is 5.11 Å². The van der Waals surface area contributed by atoms with E-state index in [2.05, 4.69) is 18.2 Å². The molecule has 0 amide bonds. The summed E-state index contributed by atoms with van der Waals surface area (Å²) < 4.78 is 4.41. The smallest absolute Gasteiger partial charge is 0.0928 e. The van der Waals surface area contributed by atoms with E-state index in [9.17, 15) is 5.11 Å². The van der Waals surface area contributed by atoms with Crippen molar-refractivity contribution in [2.45, 2.75) is 26.4 Å². The molecule has 0 radical (unpaired) electrons.